The van der Waals surface area contributed by atoms with Gasteiger partial charge in [-0.05, 0) is 24.1 Å². The minimum absolute atomic E-state index is 0.259. The Bertz CT molecular complexity index is 383. The molecule has 1 unspecified atom stereocenters. The summed E-state index contributed by atoms with van der Waals surface area (Å²) in [5.74, 6) is -4.00. The van der Waals surface area contributed by atoms with Crippen LogP contribution in [0.25, 0.3) is 0 Å². The Balaban J connectivity index is 2.79. The fraction of sp³-hybridized carbons (Fsp3) is 0.364. The predicted octanol–water partition coefficient (Wildman–Crippen LogP) is 3.02. The summed E-state index contributed by atoms with van der Waals surface area (Å²) in [7, 11) is 0. The van der Waals surface area contributed by atoms with Gasteiger partial charge < -0.3 is 5.11 Å². The zero-order valence-electron chi connectivity index (χ0n) is 8.67. The molecule has 0 aromatic heterocycles. The van der Waals surface area contributed by atoms with Gasteiger partial charge in [0.15, 0.2) is 0 Å². The molecule has 0 bridgehead atoms. The molecule has 0 aliphatic heterocycles. The lowest BCUT2D eigenvalue weighted by atomic mass is 9.95. The van der Waals surface area contributed by atoms with Gasteiger partial charge in [-0.3, -0.25) is 4.79 Å². The first-order valence-electron chi connectivity index (χ1n) is 4.82. The maximum atomic E-state index is 12.6. The number of benzene rings is 1. The van der Waals surface area contributed by atoms with Gasteiger partial charge in [0.05, 0.1) is 12.3 Å². The van der Waals surface area contributed by atoms with Gasteiger partial charge in [-0.15, -0.1) is 0 Å². The van der Waals surface area contributed by atoms with Crippen LogP contribution in [0.1, 0.15) is 12.0 Å². The van der Waals surface area contributed by atoms with Crippen molar-refractivity contribution in [2.75, 3.05) is 0 Å². The highest BCUT2D eigenvalue weighted by atomic mass is 19.4. The van der Waals surface area contributed by atoms with Gasteiger partial charge in [0.1, 0.15) is 5.82 Å². The normalized spacial score (nSPS) is 13.4. The van der Waals surface area contributed by atoms with E-state index >= 15 is 0 Å². The largest absolute Gasteiger partial charge is 0.481 e. The van der Waals surface area contributed by atoms with E-state index in [0.717, 1.165) is 12.1 Å². The molecule has 2 nitrogen and oxygen atoms in total. The molecule has 94 valence electrons. The fourth-order valence-corrected chi connectivity index (χ4v) is 1.42. The lowest BCUT2D eigenvalue weighted by molar-refractivity contribution is -0.182. The number of hydrogen-bond acceptors (Lipinski definition) is 1. The molecule has 1 atom stereocenters. The van der Waals surface area contributed by atoms with E-state index in [9.17, 15) is 22.4 Å². The van der Waals surface area contributed by atoms with Crippen LogP contribution in [-0.4, -0.2) is 17.3 Å². The van der Waals surface area contributed by atoms with Crippen molar-refractivity contribution < 1.29 is 27.5 Å². The van der Waals surface area contributed by atoms with Gasteiger partial charge in [-0.1, -0.05) is 12.1 Å². The molecule has 0 spiro atoms. The average Bonchev–Trinajstić information content (AvgIpc) is 2.18. The Morgan fingerprint density at radius 1 is 1.24 bits per heavy atom. The highest BCUT2D eigenvalue weighted by Crippen LogP contribution is 2.31. The molecule has 6 heteroatoms. The molecular weight excluding hydrogens is 240 g/mol. The van der Waals surface area contributed by atoms with Crippen molar-refractivity contribution in [1.29, 1.82) is 0 Å². The molecule has 0 aliphatic carbocycles. The summed E-state index contributed by atoms with van der Waals surface area (Å²) >= 11 is 0. The van der Waals surface area contributed by atoms with Crippen LogP contribution in [0.2, 0.25) is 0 Å². The van der Waals surface area contributed by atoms with Crippen molar-refractivity contribution in [1.82, 2.24) is 0 Å². The van der Waals surface area contributed by atoms with Gasteiger partial charge in [-0.2, -0.15) is 13.2 Å². The number of aliphatic carboxylic acids is 1. The number of hydrogen-bond donors (Lipinski definition) is 1. The van der Waals surface area contributed by atoms with Crippen molar-refractivity contribution in [2.45, 2.75) is 19.0 Å². The first kappa shape index (κ1) is 13.5. The van der Waals surface area contributed by atoms with E-state index in [0.29, 0.717) is 0 Å². The molecule has 0 fully saturated rings. The summed E-state index contributed by atoms with van der Waals surface area (Å²) < 4.78 is 50.1. The average molecular weight is 250 g/mol. The van der Waals surface area contributed by atoms with Crippen molar-refractivity contribution in [3.63, 3.8) is 0 Å². The third-order valence-electron chi connectivity index (χ3n) is 2.28. The zero-order valence-corrected chi connectivity index (χ0v) is 8.67. The van der Waals surface area contributed by atoms with Gasteiger partial charge in [0.25, 0.3) is 0 Å². The molecule has 0 radical (unpaired) electrons. The Hall–Kier alpha value is -1.59. The molecule has 1 N–H and O–H groups in total. The summed E-state index contributed by atoms with van der Waals surface area (Å²) in [4.78, 5) is 10.3. The van der Waals surface area contributed by atoms with E-state index in [1.54, 1.807) is 0 Å². The van der Waals surface area contributed by atoms with Crippen LogP contribution in [0.15, 0.2) is 24.3 Å². The van der Waals surface area contributed by atoms with Crippen LogP contribution >= 0.6 is 0 Å². The second-order valence-corrected chi connectivity index (χ2v) is 3.67. The van der Waals surface area contributed by atoms with Crippen molar-refractivity contribution in [3.05, 3.63) is 35.6 Å². The number of carbonyl (C=O) groups is 1. The Morgan fingerprint density at radius 3 is 2.18 bits per heavy atom. The van der Waals surface area contributed by atoms with Gasteiger partial charge in [-0.25, -0.2) is 4.39 Å². The molecular formula is C11H10F4O2. The van der Waals surface area contributed by atoms with E-state index in [1.807, 2.05) is 0 Å². The van der Waals surface area contributed by atoms with Crippen LogP contribution < -0.4 is 0 Å². The Kier molecular flexibility index (Phi) is 4.09. The topological polar surface area (TPSA) is 37.3 Å². The fourth-order valence-electron chi connectivity index (χ4n) is 1.42. The van der Waals surface area contributed by atoms with Crippen LogP contribution in [-0.2, 0) is 11.2 Å². The summed E-state index contributed by atoms with van der Waals surface area (Å²) in [5, 5.41) is 8.41. The molecule has 1 aromatic rings. The molecule has 1 aromatic carbocycles. The monoisotopic (exact) mass is 250 g/mol. The van der Waals surface area contributed by atoms with Crippen LogP contribution in [0.4, 0.5) is 17.6 Å². The van der Waals surface area contributed by atoms with Crippen LogP contribution in [0.5, 0.6) is 0 Å². The first-order chi connectivity index (χ1) is 7.79. The number of halogens is 4. The number of alkyl halides is 3. The van der Waals surface area contributed by atoms with Crippen molar-refractivity contribution in [3.8, 4) is 0 Å². The molecule has 1 rings (SSSR count). The second kappa shape index (κ2) is 5.16. The zero-order chi connectivity index (χ0) is 13.1. The first-order valence-corrected chi connectivity index (χ1v) is 4.82. The van der Waals surface area contributed by atoms with E-state index in [2.05, 4.69) is 0 Å². The lowest BCUT2D eigenvalue weighted by Gasteiger charge is -2.18. The number of carboxylic acids is 1. The summed E-state index contributed by atoms with van der Waals surface area (Å²) in [6, 6.07) is 4.53. The summed E-state index contributed by atoms with van der Waals surface area (Å²) in [6.45, 7) is 0. The molecule has 0 heterocycles. The quantitative estimate of drug-likeness (QED) is 0.834. The molecule has 0 aliphatic rings. The molecule has 0 amide bonds. The highest BCUT2D eigenvalue weighted by molar-refractivity contribution is 5.67. The molecule has 0 saturated heterocycles. The van der Waals surface area contributed by atoms with Gasteiger partial charge in [0, 0.05) is 0 Å². The second-order valence-electron chi connectivity index (χ2n) is 3.67. The third kappa shape index (κ3) is 4.42. The summed E-state index contributed by atoms with van der Waals surface area (Å²) in [5.41, 5.74) is 0.259. The van der Waals surface area contributed by atoms with E-state index in [4.69, 9.17) is 5.11 Å². The SMILES string of the molecule is O=C(O)CC(Cc1ccc(F)cc1)C(F)(F)F. The standard InChI is InChI=1S/C11H10F4O2/c12-9-3-1-7(2-4-9)5-8(6-10(16)17)11(13,14)15/h1-4,8H,5-6H2,(H,16,17). The van der Waals surface area contributed by atoms with Gasteiger partial charge in [0.2, 0.25) is 0 Å². The third-order valence-corrected chi connectivity index (χ3v) is 2.28. The smallest absolute Gasteiger partial charge is 0.392 e. The minimum atomic E-state index is -4.58. The Morgan fingerprint density at radius 2 is 1.76 bits per heavy atom. The van der Waals surface area contributed by atoms with Crippen molar-refractivity contribution >= 4 is 5.97 Å². The van der Waals surface area contributed by atoms with Crippen LogP contribution in [0, 0.1) is 11.7 Å². The van der Waals surface area contributed by atoms with E-state index < -0.39 is 36.7 Å². The summed E-state index contributed by atoms with van der Waals surface area (Å²) in [6.07, 6.45) is -6.02. The van der Waals surface area contributed by atoms with Gasteiger partial charge >= 0.3 is 12.1 Å². The highest BCUT2D eigenvalue weighted by Gasteiger charge is 2.40. The number of carboxylic acid groups (broad SMARTS) is 1. The maximum Gasteiger partial charge on any atom is 0.392 e. The maximum absolute atomic E-state index is 12.6. The predicted molar refractivity (Wildman–Crippen MR) is 51.9 cm³/mol. The Labute approximate surface area is 94.9 Å². The molecule has 17 heavy (non-hydrogen) atoms. The van der Waals surface area contributed by atoms with Crippen molar-refractivity contribution in [2.24, 2.45) is 5.92 Å². The van der Waals surface area contributed by atoms with E-state index in [1.165, 1.54) is 12.1 Å². The number of rotatable bonds is 4. The van der Waals surface area contributed by atoms with Crippen LogP contribution in [0.3, 0.4) is 0 Å². The van der Waals surface area contributed by atoms with E-state index in [-0.39, 0.29) is 5.56 Å². The molecule has 0 saturated carbocycles. The minimum Gasteiger partial charge on any atom is -0.481 e. The lowest BCUT2D eigenvalue weighted by Crippen LogP contribution is -2.27.